The van der Waals surface area contributed by atoms with E-state index in [0.29, 0.717) is 5.56 Å². The predicted molar refractivity (Wildman–Crippen MR) is 91.4 cm³/mol. The van der Waals surface area contributed by atoms with Gasteiger partial charge in [-0.1, -0.05) is 11.6 Å². The van der Waals surface area contributed by atoms with Crippen molar-refractivity contribution >= 4 is 27.4 Å². The fourth-order valence-corrected chi connectivity index (χ4v) is 2.77. The van der Waals surface area contributed by atoms with Gasteiger partial charge in [0.05, 0.1) is 4.90 Å². The number of nitrogens with one attached hydrogen (secondary N) is 1. The lowest BCUT2D eigenvalue weighted by Gasteiger charge is -2.09. The number of phenolic OH excluding ortho intramolecular Hbond substituents is 1. The molecule has 2 aromatic rings. The molecule has 0 fully saturated rings. The highest BCUT2D eigenvalue weighted by Gasteiger charge is 2.26. The summed E-state index contributed by atoms with van der Waals surface area (Å²) in [5, 5.41) is 12.0. The highest BCUT2D eigenvalue weighted by molar-refractivity contribution is 7.91. The normalized spacial score (nSPS) is 11.3. The third-order valence-corrected chi connectivity index (χ3v) is 4.81. The van der Waals surface area contributed by atoms with E-state index in [2.05, 4.69) is 5.32 Å². The van der Waals surface area contributed by atoms with Crippen LogP contribution in [-0.2, 0) is 19.4 Å². The number of sulfone groups is 1. The molecule has 7 nitrogen and oxygen atoms in total. The number of ether oxygens (including phenoxy) is 1. The molecule has 0 aromatic heterocycles. The number of carbonyl (C=O) groups excluding carboxylic acids is 2. The summed E-state index contributed by atoms with van der Waals surface area (Å²) in [6.07, 6.45) is 0. The molecule has 0 spiro atoms. The first-order chi connectivity index (χ1) is 12.6. The van der Waals surface area contributed by atoms with Crippen LogP contribution >= 0.6 is 0 Å². The Hall–Kier alpha value is -3.01. The second-order valence-corrected chi connectivity index (χ2v) is 7.39. The Labute approximate surface area is 153 Å². The lowest BCUT2D eigenvalue weighted by atomic mass is 10.1. The van der Waals surface area contributed by atoms with Crippen molar-refractivity contribution in [2.75, 3.05) is 11.9 Å². The van der Waals surface area contributed by atoms with Crippen LogP contribution < -0.4 is 5.32 Å². The number of amides is 1. The molecule has 144 valence electrons. The van der Waals surface area contributed by atoms with E-state index in [4.69, 9.17) is 4.74 Å². The molecule has 0 atom stereocenters. The first-order valence-electron chi connectivity index (χ1n) is 7.50. The van der Waals surface area contributed by atoms with Crippen molar-refractivity contribution in [2.45, 2.75) is 17.6 Å². The second kappa shape index (κ2) is 8.12. The number of hydrogen-bond acceptors (Lipinski definition) is 6. The van der Waals surface area contributed by atoms with Gasteiger partial charge in [0.15, 0.2) is 6.61 Å². The molecule has 2 aromatic carbocycles. The van der Waals surface area contributed by atoms with Gasteiger partial charge >= 0.3 is 11.7 Å². The maximum absolute atomic E-state index is 12.5. The average molecular weight is 399 g/mol. The first kappa shape index (κ1) is 20.3. The number of alkyl halides is 2. The molecule has 27 heavy (non-hydrogen) atoms. The molecule has 1 amide bonds. The fraction of sp³-hybridized carbons (Fsp3) is 0.176. The molecule has 0 saturated carbocycles. The molecule has 0 aliphatic rings. The van der Waals surface area contributed by atoms with Gasteiger partial charge in [-0.3, -0.25) is 4.79 Å². The number of phenols is 1. The number of rotatable bonds is 6. The summed E-state index contributed by atoms with van der Waals surface area (Å²) in [6, 6.07) is 8.42. The Morgan fingerprint density at radius 1 is 1.15 bits per heavy atom. The number of esters is 1. The topological polar surface area (TPSA) is 110 Å². The maximum atomic E-state index is 12.5. The van der Waals surface area contributed by atoms with Gasteiger partial charge in [0, 0.05) is 5.69 Å². The number of benzene rings is 2. The molecule has 2 N–H and O–H groups in total. The number of aromatic hydroxyl groups is 1. The Kier molecular flexibility index (Phi) is 6.11. The van der Waals surface area contributed by atoms with Crippen molar-refractivity contribution in [3.8, 4) is 5.75 Å². The van der Waals surface area contributed by atoms with Gasteiger partial charge in [0.2, 0.25) is 9.84 Å². The zero-order valence-electron chi connectivity index (χ0n) is 14.0. The van der Waals surface area contributed by atoms with Crippen LogP contribution in [0.15, 0.2) is 47.4 Å². The van der Waals surface area contributed by atoms with E-state index >= 15 is 0 Å². The van der Waals surface area contributed by atoms with Gasteiger partial charge < -0.3 is 15.2 Å². The number of halogens is 2. The molecular weight excluding hydrogens is 384 g/mol. The number of anilines is 1. The van der Waals surface area contributed by atoms with Crippen molar-refractivity contribution in [3.63, 3.8) is 0 Å². The predicted octanol–water partition coefficient (Wildman–Crippen LogP) is 2.49. The number of hydrogen-bond donors (Lipinski definition) is 2. The highest BCUT2D eigenvalue weighted by Crippen LogP contribution is 2.21. The lowest BCUT2D eigenvalue weighted by Crippen LogP contribution is -2.21. The van der Waals surface area contributed by atoms with Gasteiger partial charge in [0.1, 0.15) is 11.3 Å². The average Bonchev–Trinajstić information content (AvgIpc) is 2.62. The van der Waals surface area contributed by atoms with Crippen LogP contribution in [0.25, 0.3) is 0 Å². The Bertz CT molecular complexity index is 958. The third kappa shape index (κ3) is 5.00. The summed E-state index contributed by atoms with van der Waals surface area (Å²) in [7, 11) is -4.72. The molecule has 0 bridgehead atoms. The number of carbonyl (C=O) groups is 2. The lowest BCUT2D eigenvalue weighted by molar-refractivity contribution is -0.119. The standard InChI is InChI=1S/C17H15F2NO6S/c1-10-2-7-14(21)13(8-10)16(23)26-9-15(22)20-11-3-5-12(6-4-11)27(24,25)17(18)19/h2-8,17,21H,9H2,1H3,(H,20,22). The monoisotopic (exact) mass is 399 g/mol. The third-order valence-electron chi connectivity index (χ3n) is 3.41. The first-order valence-corrected chi connectivity index (χ1v) is 9.04. The summed E-state index contributed by atoms with van der Waals surface area (Å²) in [6.45, 7) is 1.05. The second-order valence-electron chi connectivity index (χ2n) is 5.47. The maximum Gasteiger partial charge on any atom is 0.342 e. The van der Waals surface area contributed by atoms with Gasteiger partial charge in [-0.2, -0.15) is 8.78 Å². The summed E-state index contributed by atoms with van der Waals surface area (Å²) >= 11 is 0. The molecule has 10 heteroatoms. The SMILES string of the molecule is Cc1ccc(O)c(C(=O)OCC(=O)Nc2ccc(S(=O)(=O)C(F)F)cc2)c1. The van der Waals surface area contributed by atoms with E-state index in [1.165, 1.54) is 12.1 Å². The summed E-state index contributed by atoms with van der Waals surface area (Å²) in [5.74, 6) is -5.47. The van der Waals surface area contributed by atoms with Crippen LogP contribution in [-0.4, -0.2) is 37.8 Å². The largest absolute Gasteiger partial charge is 0.507 e. The molecule has 0 radical (unpaired) electrons. The summed E-state index contributed by atoms with van der Waals surface area (Å²) in [4.78, 5) is 23.1. The van der Waals surface area contributed by atoms with E-state index in [0.717, 1.165) is 24.3 Å². The van der Waals surface area contributed by atoms with Crippen LogP contribution in [0.1, 0.15) is 15.9 Å². The minimum Gasteiger partial charge on any atom is -0.507 e. The molecule has 0 aliphatic carbocycles. The Balaban J connectivity index is 1.96. The minimum atomic E-state index is -4.72. The van der Waals surface area contributed by atoms with Crippen molar-refractivity contribution in [1.29, 1.82) is 0 Å². The van der Waals surface area contributed by atoms with Crippen LogP contribution in [0, 0.1) is 6.92 Å². The van der Waals surface area contributed by atoms with E-state index in [-0.39, 0.29) is 17.0 Å². The van der Waals surface area contributed by atoms with Crippen LogP contribution in [0.2, 0.25) is 0 Å². The Morgan fingerprint density at radius 2 is 1.78 bits per heavy atom. The molecule has 0 heterocycles. The summed E-state index contributed by atoms with van der Waals surface area (Å²) in [5.41, 5.74) is 0.745. The van der Waals surface area contributed by atoms with E-state index in [1.807, 2.05) is 0 Å². The number of aryl methyl sites for hydroxylation is 1. The smallest absolute Gasteiger partial charge is 0.342 e. The van der Waals surface area contributed by atoms with Gasteiger partial charge in [-0.25, -0.2) is 13.2 Å². The summed E-state index contributed by atoms with van der Waals surface area (Å²) < 4.78 is 52.3. The zero-order chi connectivity index (χ0) is 20.2. The van der Waals surface area contributed by atoms with Gasteiger partial charge in [-0.15, -0.1) is 0 Å². The minimum absolute atomic E-state index is 0.0932. The van der Waals surface area contributed by atoms with E-state index in [1.54, 1.807) is 13.0 Å². The highest BCUT2D eigenvalue weighted by atomic mass is 32.2. The molecule has 0 saturated heterocycles. The van der Waals surface area contributed by atoms with Gasteiger partial charge in [-0.05, 0) is 43.3 Å². The Morgan fingerprint density at radius 3 is 2.37 bits per heavy atom. The van der Waals surface area contributed by atoms with Crippen molar-refractivity contribution in [3.05, 3.63) is 53.6 Å². The molecule has 0 aliphatic heterocycles. The van der Waals surface area contributed by atoms with Crippen LogP contribution in [0.4, 0.5) is 14.5 Å². The van der Waals surface area contributed by atoms with E-state index < -0.39 is 39.0 Å². The quantitative estimate of drug-likeness (QED) is 0.723. The van der Waals surface area contributed by atoms with E-state index in [9.17, 15) is 31.9 Å². The van der Waals surface area contributed by atoms with Crippen LogP contribution in [0.3, 0.4) is 0 Å². The molecular formula is C17H15F2NO6S. The van der Waals surface area contributed by atoms with Crippen molar-refractivity contribution in [1.82, 2.24) is 0 Å². The van der Waals surface area contributed by atoms with Crippen molar-refractivity contribution in [2.24, 2.45) is 0 Å². The van der Waals surface area contributed by atoms with Crippen molar-refractivity contribution < 1.29 is 36.6 Å². The fourth-order valence-electron chi connectivity index (χ4n) is 2.05. The molecule has 0 unspecified atom stereocenters. The van der Waals surface area contributed by atoms with Gasteiger partial charge in [0.25, 0.3) is 5.91 Å². The van der Waals surface area contributed by atoms with Crippen LogP contribution in [0.5, 0.6) is 5.75 Å². The zero-order valence-corrected chi connectivity index (χ0v) is 14.8. The molecule has 2 rings (SSSR count).